The van der Waals surface area contributed by atoms with Crippen molar-refractivity contribution in [1.82, 2.24) is 20.1 Å². The highest BCUT2D eigenvalue weighted by molar-refractivity contribution is 5.94. The summed E-state index contributed by atoms with van der Waals surface area (Å²) >= 11 is 0. The maximum Gasteiger partial charge on any atom is 0.247 e. The first-order chi connectivity index (χ1) is 16.5. The van der Waals surface area contributed by atoms with Crippen molar-refractivity contribution in [3.05, 3.63) is 102 Å². The molecule has 0 saturated heterocycles. The third kappa shape index (κ3) is 6.08. The molecule has 2 heterocycles. The van der Waals surface area contributed by atoms with E-state index in [2.05, 4.69) is 58.8 Å². The lowest BCUT2D eigenvalue weighted by atomic mass is 9.98. The summed E-state index contributed by atoms with van der Waals surface area (Å²) in [6.07, 6.45) is 4.97. The number of aromatic nitrogens is 3. The van der Waals surface area contributed by atoms with E-state index in [1.54, 1.807) is 35.4 Å². The SMILES string of the molecule is Cc1ccc([C@H](C)CN[C@@H](C(=O)Nc2ccc(Oc3cnn(C)c3)cn2)c2ccccc2)cc1. The molecular weight excluding hydrogens is 426 g/mol. The molecule has 0 aliphatic carbocycles. The van der Waals surface area contributed by atoms with Crippen LogP contribution >= 0.6 is 0 Å². The van der Waals surface area contributed by atoms with E-state index in [9.17, 15) is 4.79 Å². The van der Waals surface area contributed by atoms with Gasteiger partial charge in [-0.25, -0.2) is 4.98 Å². The summed E-state index contributed by atoms with van der Waals surface area (Å²) in [5.41, 5.74) is 3.36. The third-order valence-electron chi connectivity index (χ3n) is 5.57. The number of ether oxygens (including phenoxy) is 1. The van der Waals surface area contributed by atoms with Crippen LogP contribution in [0.3, 0.4) is 0 Å². The van der Waals surface area contributed by atoms with Crippen LogP contribution in [-0.2, 0) is 11.8 Å². The van der Waals surface area contributed by atoms with Gasteiger partial charge in [-0.1, -0.05) is 67.1 Å². The molecule has 0 unspecified atom stereocenters. The minimum Gasteiger partial charge on any atom is -0.452 e. The number of nitrogens with zero attached hydrogens (tertiary/aromatic N) is 3. The smallest absolute Gasteiger partial charge is 0.247 e. The largest absolute Gasteiger partial charge is 0.452 e. The standard InChI is InChI=1S/C27H29N5O2/c1-19-9-11-21(12-10-19)20(2)15-29-26(22-7-5-4-6-8-22)27(33)31-25-14-13-23(16-28-25)34-24-17-30-32(3)18-24/h4-14,16-18,20,26,29H,15H2,1-3H3,(H,28,31,33)/t20-,26-/m1/s1. The van der Waals surface area contributed by atoms with Gasteiger partial charge in [0.25, 0.3) is 0 Å². The zero-order valence-electron chi connectivity index (χ0n) is 19.6. The van der Waals surface area contributed by atoms with Gasteiger partial charge in [0.15, 0.2) is 5.75 Å². The minimum atomic E-state index is -0.512. The number of rotatable bonds is 9. The van der Waals surface area contributed by atoms with Gasteiger partial charge in [0, 0.05) is 13.6 Å². The fraction of sp³-hybridized carbons (Fsp3) is 0.222. The Labute approximate surface area is 199 Å². The van der Waals surface area contributed by atoms with Gasteiger partial charge in [-0.2, -0.15) is 5.10 Å². The monoisotopic (exact) mass is 455 g/mol. The molecule has 0 saturated carbocycles. The fourth-order valence-electron chi connectivity index (χ4n) is 3.62. The highest BCUT2D eigenvalue weighted by Gasteiger charge is 2.21. The molecule has 2 aromatic carbocycles. The highest BCUT2D eigenvalue weighted by atomic mass is 16.5. The van der Waals surface area contributed by atoms with Crippen LogP contribution in [0.2, 0.25) is 0 Å². The number of carbonyl (C=O) groups excluding carboxylic acids is 1. The topological polar surface area (TPSA) is 81.1 Å². The number of benzene rings is 2. The molecule has 2 atom stereocenters. The summed E-state index contributed by atoms with van der Waals surface area (Å²) in [4.78, 5) is 17.6. The van der Waals surface area contributed by atoms with Crippen molar-refractivity contribution in [3.8, 4) is 11.5 Å². The molecule has 7 heteroatoms. The van der Waals surface area contributed by atoms with Crippen LogP contribution in [0.5, 0.6) is 11.5 Å². The second-order valence-corrected chi connectivity index (χ2v) is 8.38. The molecule has 4 rings (SSSR count). The Morgan fingerprint density at radius 2 is 1.74 bits per heavy atom. The van der Waals surface area contributed by atoms with Gasteiger partial charge in [0.2, 0.25) is 5.91 Å². The van der Waals surface area contributed by atoms with Crippen LogP contribution in [0, 0.1) is 6.92 Å². The second-order valence-electron chi connectivity index (χ2n) is 8.38. The van der Waals surface area contributed by atoms with Gasteiger partial charge in [-0.3, -0.25) is 9.48 Å². The van der Waals surface area contributed by atoms with E-state index in [4.69, 9.17) is 4.74 Å². The minimum absolute atomic E-state index is 0.171. The van der Waals surface area contributed by atoms with Crippen molar-refractivity contribution in [2.45, 2.75) is 25.8 Å². The summed E-state index contributed by atoms with van der Waals surface area (Å²) in [7, 11) is 1.82. The molecule has 0 aliphatic heterocycles. The van der Waals surface area contributed by atoms with Crippen molar-refractivity contribution in [2.24, 2.45) is 7.05 Å². The van der Waals surface area contributed by atoms with Crippen molar-refractivity contribution >= 4 is 11.7 Å². The first kappa shape index (κ1) is 23.2. The van der Waals surface area contributed by atoms with Crippen LogP contribution in [0.15, 0.2) is 85.3 Å². The van der Waals surface area contributed by atoms with Gasteiger partial charge in [-0.05, 0) is 36.1 Å². The number of aryl methyl sites for hydroxylation is 2. The van der Waals surface area contributed by atoms with E-state index in [-0.39, 0.29) is 11.8 Å². The summed E-state index contributed by atoms with van der Waals surface area (Å²) in [6, 6.07) is 21.2. The van der Waals surface area contributed by atoms with Gasteiger partial charge in [-0.15, -0.1) is 0 Å². The van der Waals surface area contributed by atoms with Crippen LogP contribution < -0.4 is 15.4 Å². The van der Waals surface area contributed by atoms with Gasteiger partial charge >= 0.3 is 0 Å². The average molecular weight is 456 g/mol. The Hall–Kier alpha value is -3.97. The Morgan fingerprint density at radius 3 is 2.38 bits per heavy atom. The predicted octanol–water partition coefficient (Wildman–Crippen LogP) is 4.99. The number of hydrogen-bond donors (Lipinski definition) is 2. The normalized spacial score (nSPS) is 12.7. The lowest BCUT2D eigenvalue weighted by Crippen LogP contribution is -2.35. The Morgan fingerprint density at radius 1 is 0.971 bits per heavy atom. The third-order valence-corrected chi connectivity index (χ3v) is 5.57. The van der Waals surface area contributed by atoms with Crippen LogP contribution in [-0.4, -0.2) is 27.2 Å². The summed E-state index contributed by atoms with van der Waals surface area (Å²) < 4.78 is 7.38. The van der Waals surface area contributed by atoms with Gasteiger partial charge in [0.05, 0.1) is 18.6 Å². The average Bonchev–Trinajstić information content (AvgIpc) is 3.26. The zero-order valence-corrected chi connectivity index (χ0v) is 19.6. The quantitative estimate of drug-likeness (QED) is 0.372. The van der Waals surface area contributed by atoms with E-state index in [1.165, 1.54) is 11.1 Å². The Balaban J connectivity index is 1.42. The van der Waals surface area contributed by atoms with Crippen LogP contribution in [0.25, 0.3) is 0 Å². The summed E-state index contributed by atoms with van der Waals surface area (Å²) in [6.45, 7) is 4.88. The molecule has 4 aromatic rings. The van der Waals surface area contributed by atoms with E-state index < -0.39 is 6.04 Å². The van der Waals surface area contributed by atoms with Crippen molar-refractivity contribution in [3.63, 3.8) is 0 Å². The lowest BCUT2D eigenvalue weighted by Gasteiger charge is -2.21. The molecule has 0 fully saturated rings. The molecule has 34 heavy (non-hydrogen) atoms. The first-order valence-electron chi connectivity index (χ1n) is 11.3. The molecule has 0 radical (unpaired) electrons. The highest BCUT2D eigenvalue weighted by Crippen LogP contribution is 2.22. The van der Waals surface area contributed by atoms with Crippen molar-refractivity contribution in [1.29, 1.82) is 0 Å². The van der Waals surface area contributed by atoms with Crippen molar-refractivity contribution in [2.75, 3.05) is 11.9 Å². The van der Waals surface area contributed by atoms with Gasteiger partial charge in [0.1, 0.15) is 17.6 Å². The second kappa shape index (κ2) is 10.8. The van der Waals surface area contributed by atoms with E-state index in [0.717, 1.165) is 5.56 Å². The summed E-state index contributed by atoms with van der Waals surface area (Å²) in [5, 5.41) is 10.4. The molecule has 2 N–H and O–H groups in total. The molecule has 1 amide bonds. The van der Waals surface area contributed by atoms with Crippen LogP contribution in [0.1, 0.15) is 35.6 Å². The number of anilines is 1. The van der Waals surface area contributed by atoms with Crippen LogP contribution in [0.4, 0.5) is 5.82 Å². The van der Waals surface area contributed by atoms with Crippen molar-refractivity contribution < 1.29 is 9.53 Å². The number of hydrogen-bond acceptors (Lipinski definition) is 5. The van der Waals surface area contributed by atoms with E-state index in [0.29, 0.717) is 23.9 Å². The predicted molar refractivity (Wildman–Crippen MR) is 133 cm³/mol. The molecular formula is C27H29N5O2. The maximum absolute atomic E-state index is 13.2. The summed E-state index contributed by atoms with van der Waals surface area (Å²) in [5.74, 6) is 1.73. The Kier molecular flexibility index (Phi) is 7.34. The lowest BCUT2D eigenvalue weighted by molar-refractivity contribution is -0.118. The number of nitrogens with one attached hydrogen (secondary N) is 2. The molecule has 7 nitrogen and oxygen atoms in total. The van der Waals surface area contributed by atoms with E-state index in [1.807, 2.05) is 37.4 Å². The molecule has 0 aliphatic rings. The number of pyridine rings is 1. The van der Waals surface area contributed by atoms with E-state index >= 15 is 0 Å². The molecule has 0 bridgehead atoms. The zero-order chi connectivity index (χ0) is 23.9. The number of carbonyl (C=O) groups is 1. The molecule has 0 spiro atoms. The molecule has 2 aromatic heterocycles. The number of amides is 1. The first-order valence-corrected chi connectivity index (χ1v) is 11.3. The molecule has 174 valence electrons. The fourth-order valence-corrected chi connectivity index (χ4v) is 3.62. The van der Waals surface area contributed by atoms with Gasteiger partial charge < -0.3 is 15.4 Å². The maximum atomic E-state index is 13.2. The Bertz CT molecular complexity index is 1200.